The van der Waals surface area contributed by atoms with Crippen LogP contribution in [0.15, 0.2) is 0 Å². The minimum absolute atomic E-state index is 0.0275. The number of carbonyl (C=O) groups is 2. The van der Waals surface area contributed by atoms with Crippen molar-refractivity contribution in [2.45, 2.75) is 58.3 Å². The van der Waals surface area contributed by atoms with Crippen LogP contribution in [0.1, 0.15) is 58.3 Å². The number of rotatable bonds is 4. The quantitative estimate of drug-likeness (QED) is 0.700. The molecule has 0 heterocycles. The maximum absolute atomic E-state index is 11.9. The van der Waals surface area contributed by atoms with E-state index in [9.17, 15) is 9.59 Å². The molecule has 0 aliphatic heterocycles. The van der Waals surface area contributed by atoms with E-state index in [2.05, 4.69) is 0 Å². The summed E-state index contributed by atoms with van der Waals surface area (Å²) in [5, 5.41) is 0. The van der Waals surface area contributed by atoms with Crippen LogP contribution in [0.4, 0.5) is 0 Å². The Morgan fingerprint density at radius 3 is 1.88 bits per heavy atom. The second-order valence-corrected chi connectivity index (χ2v) is 7.01. The SMILES string of the molecule is CC(=O)CC(=O)CC12CC3CC(CC(C3)C1)C2. The van der Waals surface area contributed by atoms with Gasteiger partial charge in [0.1, 0.15) is 11.6 Å². The number of ketones is 2. The molecule has 0 radical (unpaired) electrons. The lowest BCUT2D eigenvalue weighted by Gasteiger charge is -2.56. The Labute approximate surface area is 103 Å². The van der Waals surface area contributed by atoms with Crippen molar-refractivity contribution in [2.24, 2.45) is 23.2 Å². The van der Waals surface area contributed by atoms with E-state index in [1.54, 1.807) is 0 Å². The highest BCUT2D eigenvalue weighted by Crippen LogP contribution is 2.61. The molecule has 0 saturated heterocycles. The lowest BCUT2D eigenvalue weighted by molar-refractivity contribution is -0.131. The van der Waals surface area contributed by atoms with Crippen molar-refractivity contribution in [2.75, 3.05) is 0 Å². The highest BCUT2D eigenvalue weighted by Gasteiger charge is 2.51. The van der Waals surface area contributed by atoms with E-state index in [-0.39, 0.29) is 18.0 Å². The van der Waals surface area contributed by atoms with Crippen molar-refractivity contribution in [1.82, 2.24) is 0 Å². The van der Waals surface area contributed by atoms with E-state index >= 15 is 0 Å². The van der Waals surface area contributed by atoms with Crippen molar-refractivity contribution < 1.29 is 9.59 Å². The molecule has 4 aliphatic carbocycles. The number of hydrogen-bond donors (Lipinski definition) is 0. The first kappa shape index (κ1) is 11.4. The third-order valence-corrected chi connectivity index (χ3v) is 5.18. The van der Waals surface area contributed by atoms with Gasteiger partial charge in [0.05, 0.1) is 6.42 Å². The van der Waals surface area contributed by atoms with Crippen molar-refractivity contribution in [3.8, 4) is 0 Å². The molecule has 4 saturated carbocycles. The summed E-state index contributed by atoms with van der Waals surface area (Å²) in [6.07, 6.45) is 8.91. The molecule has 4 fully saturated rings. The van der Waals surface area contributed by atoms with Crippen LogP contribution < -0.4 is 0 Å². The van der Waals surface area contributed by atoms with Gasteiger partial charge >= 0.3 is 0 Å². The van der Waals surface area contributed by atoms with Gasteiger partial charge in [-0.3, -0.25) is 9.59 Å². The average molecular weight is 234 g/mol. The Kier molecular flexibility index (Phi) is 2.64. The number of carbonyl (C=O) groups excluding carboxylic acids is 2. The third-order valence-electron chi connectivity index (χ3n) is 5.18. The predicted molar refractivity (Wildman–Crippen MR) is 65.5 cm³/mol. The van der Waals surface area contributed by atoms with E-state index < -0.39 is 0 Å². The largest absolute Gasteiger partial charge is 0.300 e. The number of hydrogen-bond acceptors (Lipinski definition) is 2. The van der Waals surface area contributed by atoms with Gasteiger partial charge in [-0.2, -0.15) is 0 Å². The topological polar surface area (TPSA) is 34.1 Å². The van der Waals surface area contributed by atoms with Gasteiger partial charge in [0.2, 0.25) is 0 Å². The molecule has 17 heavy (non-hydrogen) atoms. The van der Waals surface area contributed by atoms with Gasteiger partial charge in [0.15, 0.2) is 0 Å². The molecule has 0 atom stereocenters. The first-order valence-electron chi connectivity index (χ1n) is 7.06. The Morgan fingerprint density at radius 1 is 1.00 bits per heavy atom. The summed E-state index contributed by atoms with van der Waals surface area (Å²) in [6, 6.07) is 0. The highest BCUT2D eigenvalue weighted by molar-refractivity contribution is 5.98. The molecule has 94 valence electrons. The summed E-state index contributed by atoms with van der Waals surface area (Å²) >= 11 is 0. The Morgan fingerprint density at radius 2 is 1.47 bits per heavy atom. The van der Waals surface area contributed by atoms with Gasteiger partial charge in [-0.05, 0) is 68.6 Å². The molecule has 0 aromatic heterocycles. The maximum Gasteiger partial charge on any atom is 0.140 e. The zero-order chi connectivity index (χ0) is 12.0. The second-order valence-electron chi connectivity index (χ2n) is 7.01. The first-order valence-corrected chi connectivity index (χ1v) is 7.06. The normalized spacial score (nSPS) is 42.8. The van der Waals surface area contributed by atoms with Gasteiger partial charge in [-0.1, -0.05) is 0 Å². The monoisotopic (exact) mass is 234 g/mol. The van der Waals surface area contributed by atoms with Gasteiger partial charge in [0.25, 0.3) is 0 Å². The predicted octanol–water partition coefficient (Wildman–Crippen LogP) is 3.14. The van der Waals surface area contributed by atoms with Crippen LogP contribution >= 0.6 is 0 Å². The fourth-order valence-electron chi connectivity index (χ4n) is 5.26. The molecule has 0 N–H and O–H groups in total. The molecule has 2 heteroatoms. The second kappa shape index (κ2) is 3.93. The van der Waals surface area contributed by atoms with Crippen molar-refractivity contribution in [3.63, 3.8) is 0 Å². The van der Waals surface area contributed by atoms with Gasteiger partial charge in [-0.25, -0.2) is 0 Å². The smallest absolute Gasteiger partial charge is 0.140 e. The summed E-state index contributed by atoms with van der Waals surface area (Å²) in [5.74, 6) is 2.91. The van der Waals surface area contributed by atoms with Gasteiger partial charge in [0, 0.05) is 6.42 Å². The highest BCUT2D eigenvalue weighted by atomic mass is 16.1. The van der Waals surface area contributed by atoms with Crippen LogP contribution in [0.2, 0.25) is 0 Å². The Hall–Kier alpha value is -0.660. The van der Waals surface area contributed by atoms with Gasteiger partial charge < -0.3 is 0 Å². The zero-order valence-corrected chi connectivity index (χ0v) is 10.7. The van der Waals surface area contributed by atoms with Crippen LogP contribution in [0, 0.1) is 23.2 Å². The summed E-state index contributed by atoms with van der Waals surface area (Å²) in [5.41, 5.74) is 0.307. The van der Waals surface area contributed by atoms with Crippen molar-refractivity contribution >= 4 is 11.6 Å². The third kappa shape index (κ3) is 2.19. The molecular weight excluding hydrogens is 212 g/mol. The molecule has 0 amide bonds. The fourth-order valence-corrected chi connectivity index (χ4v) is 5.26. The minimum atomic E-state index is 0.0275. The van der Waals surface area contributed by atoms with Crippen LogP contribution in [0.25, 0.3) is 0 Å². The molecule has 4 aliphatic rings. The van der Waals surface area contributed by atoms with E-state index in [1.165, 1.54) is 45.4 Å². The van der Waals surface area contributed by atoms with Crippen LogP contribution in [-0.4, -0.2) is 11.6 Å². The van der Waals surface area contributed by atoms with Crippen LogP contribution in [0.5, 0.6) is 0 Å². The molecule has 4 rings (SSSR count). The van der Waals surface area contributed by atoms with Gasteiger partial charge in [-0.15, -0.1) is 0 Å². The van der Waals surface area contributed by atoms with Crippen molar-refractivity contribution in [3.05, 3.63) is 0 Å². The molecule has 0 spiro atoms. The summed E-state index contributed by atoms with van der Waals surface area (Å²) < 4.78 is 0. The molecule has 4 bridgehead atoms. The molecule has 0 aromatic carbocycles. The lowest BCUT2D eigenvalue weighted by atomic mass is 9.48. The minimum Gasteiger partial charge on any atom is -0.300 e. The standard InChI is InChI=1S/C15H22O2/c1-10(16)2-14(17)9-15-6-11-3-12(7-15)5-13(4-11)8-15/h11-13H,2-9H2,1H3. The number of Topliss-reactive ketones (excluding diaryl/α,β-unsaturated/α-hetero) is 2. The maximum atomic E-state index is 11.9. The fraction of sp³-hybridized carbons (Fsp3) is 0.867. The van der Waals surface area contributed by atoms with Crippen LogP contribution in [-0.2, 0) is 9.59 Å². The van der Waals surface area contributed by atoms with Crippen molar-refractivity contribution in [1.29, 1.82) is 0 Å². The zero-order valence-electron chi connectivity index (χ0n) is 10.7. The molecule has 2 nitrogen and oxygen atoms in total. The van der Waals surface area contributed by atoms with E-state index in [0.29, 0.717) is 11.8 Å². The molecule has 0 aromatic rings. The summed E-state index contributed by atoms with van der Waals surface area (Å²) in [7, 11) is 0. The Balaban J connectivity index is 1.70. The van der Waals surface area contributed by atoms with E-state index in [4.69, 9.17) is 0 Å². The van der Waals surface area contributed by atoms with E-state index in [0.717, 1.165) is 17.8 Å². The average Bonchev–Trinajstić information content (AvgIpc) is 2.11. The lowest BCUT2D eigenvalue weighted by Crippen LogP contribution is -2.46. The summed E-state index contributed by atoms with van der Waals surface area (Å²) in [4.78, 5) is 22.9. The summed E-state index contributed by atoms with van der Waals surface area (Å²) in [6.45, 7) is 1.53. The molecular formula is C15H22O2. The van der Waals surface area contributed by atoms with Crippen LogP contribution in [0.3, 0.4) is 0 Å². The Bertz CT molecular complexity index is 321. The van der Waals surface area contributed by atoms with E-state index in [1.807, 2.05) is 0 Å². The first-order chi connectivity index (χ1) is 8.05. The molecule has 0 unspecified atom stereocenters.